The zero-order chi connectivity index (χ0) is 13.2. The van der Waals surface area contributed by atoms with Crippen LogP contribution in [0.15, 0.2) is 29.2 Å². The van der Waals surface area contributed by atoms with Crippen molar-refractivity contribution in [1.82, 2.24) is 0 Å². The predicted molar refractivity (Wildman–Crippen MR) is 72.6 cm³/mol. The van der Waals surface area contributed by atoms with Gasteiger partial charge in [-0.1, -0.05) is 0 Å². The van der Waals surface area contributed by atoms with E-state index in [9.17, 15) is 4.79 Å². The van der Waals surface area contributed by atoms with Gasteiger partial charge in [-0.05, 0) is 43.5 Å². The molecule has 1 fully saturated rings. The van der Waals surface area contributed by atoms with Crippen LogP contribution in [-0.4, -0.2) is 23.8 Å². The first-order chi connectivity index (χ1) is 8.53. The van der Waals surface area contributed by atoms with E-state index in [1.165, 1.54) is 0 Å². The number of thioether (sulfide) groups is 1. The Kier molecular flexibility index (Phi) is 3.82. The van der Waals surface area contributed by atoms with Crippen LogP contribution < -0.4 is 16.2 Å². The van der Waals surface area contributed by atoms with Gasteiger partial charge >= 0.3 is 0 Å². The molecule has 1 aliphatic rings. The number of hydrogen-bond donors (Lipinski definition) is 2. The summed E-state index contributed by atoms with van der Waals surface area (Å²) in [6.07, 6.45) is 2.26. The molecule has 18 heavy (non-hydrogen) atoms. The molecule has 0 aromatic heterocycles. The van der Waals surface area contributed by atoms with E-state index in [1.54, 1.807) is 18.9 Å². The maximum Gasteiger partial charge on any atom is 0.237 e. The number of amides is 1. The Hall–Kier alpha value is -1.20. The first-order valence-corrected chi connectivity index (χ1v) is 6.81. The molecule has 4 nitrogen and oxygen atoms in total. The van der Waals surface area contributed by atoms with E-state index in [1.807, 2.05) is 24.3 Å². The molecule has 2 atom stereocenters. The molecule has 0 heterocycles. The highest BCUT2D eigenvalue weighted by molar-refractivity contribution is 8.00. The van der Waals surface area contributed by atoms with Crippen molar-refractivity contribution in [3.8, 4) is 5.75 Å². The Bertz CT molecular complexity index is 435. The number of carbonyl (C=O) groups is 1. The minimum Gasteiger partial charge on any atom is -0.497 e. The Labute approximate surface area is 111 Å². The van der Waals surface area contributed by atoms with E-state index in [4.69, 9.17) is 16.2 Å². The van der Waals surface area contributed by atoms with Crippen molar-refractivity contribution in [3.63, 3.8) is 0 Å². The second-order valence-electron chi connectivity index (χ2n) is 4.68. The lowest BCUT2D eigenvalue weighted by Gasteiger charge is -2.19. The number of nitrogens with two attached hydrogens (primary N) is 2. The maximum absolute atomic E-state index is 11.3. The number of carbonyl (C=O) groups excluding carboxylic acids is 1. The average molecular weight is 266 g/mol. The third kappa shape index (κ3) is 2.79. The van der Waals surface area contributed by atoms with E-state index in [2.05, 4.69) is 0 Å². The van der Waals surface area contributed by atoms with Gasteiger partial charge in [-0.2, -0.15) is 0 Å². The van der Waals surface area contributed by atoms with Crippen LogP contribution in [0.1, 0.15) is 19.3 Å². The Morgan fingerprint density at radius 1 is 1.44 bits per heavy atom. The minimum absolute atomic E-state index is 0.357. The van der Waals surface area contributed by atoms with Crippen molar-refractivity contribution in [2.24, 2.45) is 11.5 Å². The van der Waals surface area contributed by atoms with Crippen molar-refractivity contribution in [3.05, 3.63) is 24.3 Å². The highest BCUT2D eigenvalue weighted by Crippen LogP contribution is 2.39. The third-order valence-corrected chi connectivity index (χ3v) is 4.64. The van der Waals surface area contributed by atoms with E-state index in [0.29, 0.717) is 18.1 Å². The van der Waals surface area contributed by atoms with Crippen LogP contribution in [-0.2, 0) is 4.79 Å². The van der Waals surface area contributed by atoms with Gasteiger partial charge in [-0.25, -0.2) is 0 Å². The van der Waals surface area contributed by atoms with Gasteiger partial charge in [0.1, 0.15) is 5.75 Å². The fourth-order valence-electron chi connectivity index (χ4n) is 2.20. The van der Waals surface area contributed by atoms with Crippen molar-refractivity contribution < 1.29 is 9.53 Å². The molecule has 4 N–H and O–H groups in total. The fourth-order valence-corrected chi connectivity index (χ4v) is 3.49. The summed E-state index contributed by atoms with van der Waals surface area (Å²) in [5.41, 5.74) is 10.5. The quantitative estimate of drug-likeness (QED) is 0.866. The second kappa shape index (κ2) is 5.20. The summed E-state index contributed by atoms with van der Waals surface area (Å²) < 4.78 is 5.11. The van der Waals surface area contributed by atoms with Crippen molar-refractivity contribution >= 4 is 17.7 Å². The largest absolute Gasteiger partial charge is 0.497 e. The molecule has 0 aliphatic heterocycles. The molecule has 0 spiro atoms. The number of rotatable bonds is 4. The summed E-state index contributed by atoms with van der Waals surface area (Å²) in [6, 6.07) is 7.90. The van der Waals surface area contributed by atoms with Gasteiger partial charge in [0.05, 0.1) is 12.6 Å². The second-order valence-corrected chi connectivity index (χ2v) is 6.05. The van der Waals surface area contributed by atoms with Crippen molar-refractivity contribution in [2.45, 2.75) is 34.9 Å². The highest BCUT2D eigenvalue weighted by Gasteiger charge is 2.40. The Morgan fingerprint density at radius 2 is 2.11 bits per heavy atom. The smallest absolute Gasteiger partial charge is 0.237 e. The lowest BCUT2D eigenvalue weighted by Crippen LogP contribution is -2.50. The van der Waals surface area contributed by atoms with Gasteiger partial charge in [-0.15, -0.1) is 11.8 Å². The molecular weight excluding hydrogens is 248 g/mol. The summed E-state index contributed by atoms with van der Waals surface area (Å²) >= 11 is 1.75. The highest BCUT2D eigenvalue weighted by atomic mass is 32.2. The van der Waals surface area contributed by atoms with Crippen LogP contribution in [0.3, 0.4) is 0 Å². The van der Waals surface area contributed by atoms with Crippen LogP contribution in [0.25, 0.3) is 0 Å². The molecule has 1 aromatic carbocycles. The maximum atomic E-state index is 11.3. The summed E-state index contributed by atoms with van der Waals surface area (Å²) in [7, 11) is 1.65. The van der Waals surface area contributed by atoms with Crippen molar-refractivity contribution in [2.75, 3.05) is 7.11 Å². The fraction of sp³-hybridized carbons (Fsp3) is 0.462. The van der Waals surface area contributed by atoms with E-state index in [-0.39, 0.29) is 5.91 Å². The molecule has 98 valence electrons. The van der Waals surface area contributed by atoms with Crippen LogP contribution >= 0.6 is 11.8 Å². The van der Waals surface area contributed by atoms with Gasteiger partial charge in [0, 0.05) is 10.1 Å². The van der Waals surface area contributed by atoms with Gasteiger partial charge in [-0.3, -0.25) is 4.79 Å². The number of benzene rings is 1. The summed E-state index contributed by atoms with van der Waals surface area (Å²) in [6.45, 7) is 0. The van der Waals surface area contributed by atoms with Gasteiger partial charge < -0.3 is 16.2 Å². The normalized spacial score (nSPS) is 27.1. The molecule has 1 saturated carbocycles. The molecular formula is C13H18N2O2S. The molecule has 0 bridgehead atoms. The molecule has 2 unspecified atom stereocenters. The zero-order valence-corrected chi connectivity index (χ0v) is 11.2. The van der Waals surface area contributed by atoms with Gasteiger partial charge in [0.25, 0.3) is 0 Å². The van der Waals surface area contributed by atoms with Gasteiger partial charge in [0.2, 0.25) is 5.91 Å². The van der Waals surface area contributed by atoms with E-state index < -0.39 is 5.54 Å². The van der Waals surface area contributed by atoms with Crippen molar-refractivity contribution in [1.29, 1.82) is 0 Å². The summed E-state index contributed by atoms with van der Waals surface area (Å²) in [5, 5.41) is 0.357. The predicted octanol–water partition coefficient (Wildman–Crippen LogP) is 1.52. The minimum atomic E-state index is -0.815. The number of hydrogen-bond acceptors (Lipinski definition) is 4. The van der Waals surface area contributed by atoms with Gasteiger partial charge in [0.15, 0.2) is 0 Å². The molecule has 2 rings (SSSR count). The summed E-state index contributed by atoms with van der Waals surface area (Å²) in [4.78, 5) is 12.4. The zero-order valence-electron chi connectivity index (χ0n) is 10.4. The Morgan fingerprint density at radius 3 is 2.61 bits per heavy atom. The number of methoxy groups -OCH3 is 1. The monoisotopic (exact) mass is 266 g/mol. The molecule has 0 radical (unpaired) electrons. The first-order valence-electron chi connectivity index (χ1n) is 5.93. The molecule has 1 aliphatic carbocycles. The lowest BCUT2D eigenvalue weighted by atomic mass is 9.99. The van der Waals surface area contributed by atoms with Crippen LogP contribution in [0.2, 0.25) is 0 Å². The van der Waals surface area contributed by atoms with Crippen LogP contribution in [0, 0.1) is 0 Å². The van der Waals surface area contributed by atoms with E-state index in [0.717, 1.165) is 17.1 Å². The third-order valence-electron chi connectivity index (χ3n) is 3.36. The standard InChI is InChI=1S/C13H18N2O2S/c1-17-9-2-4-10(5-3-9)18-11-6-7-13(15,8-11)12(14)16/h2-5,11H,6-8,15H2,1H3,(H2,14,16). The summed E-state index contributed by atoms with van der Waals surface area (Å²) in [5.74, 6) is 0.455. The number of primary amides is 1. The SMILES string of the molecule is COc1ccc(SC2CCC(N)(C(N)=O)C2)cc1. The van der Waals surface area contributed by atoms with Crippen LogP contribution in [0.4, 0.5) is 0 Å². The Balaban J connectivity index is 1.97. The van der Waals surface area contributed by atoms with E-state index >= 15 is 0 Å². The molecule has 0 saturated heterocycles. The number of ether oxygens (including phenoxy) is 1. The molecule has 1 aromatic rings. The van der Waals surface area contributed by atoms with Crippen LogP contribution in [0.5, 0.6) is 5.75 Å². The average Bonchev–Trinajstić information content (AvgIpc) is 2.73. The molecule has 5 heteroatoms. The first kappa shape index (κ1) is 13.2. The molecule has 1 amide bonds. The lowest BCUT2D eigenvalue weighted by molar-refractivity contribution is -0.122. The topological polar surface area (TPSA) is 78.3 Å².